The van der Waals surface area contributed by atoms with Gasteiger partial charge in [-0.3, -0.25) is 4.79 Å². The summed E-state index contributed by atoms with van der Waals surface area (Å²) in [6, 6.07) is 9.47. The normalized spacial score (nSPS) is 18.0. The summed E-state index contributed by atoms with van der Waals surface area (Å²) in [4.78, 5) is 19.0. The number of carbonyl (C=O) groups excluding carboxylic acids is 1. The number of benzene rings is 1. The maximum absolute atomic E-state index is 12.3. The first kappa shape index (κ1) is 15.2. The molecule has 1 aliphatic heterocycles. The highest BCUT2D eigenvalue weighted by atomic mass is 32.1. The fourth-order valence-corrected chi connectivity index (χ4v) is 3.88. The molecule has 0 saturated carbocycles. The number of piperidine rings is 1. The zero-order chi connectivity index (χ0) is 16.4. The fraction of sp³-hybridized carbons (Fsp3) is 0.333. The van der Waals surface area contributed by atoms with Crippen molar-refractivity contribution in [1.82, 2.24) is 10.3 Å². The van der Waals surface area contributed by atoms with Gasteiger partial charge in [-0.25, -0.2) is 4.98 Å². The molecule has 1 saturated heterocycles. The molecule has 0 radical (unpaired) electrons. The van der Waals surface area contributed by atoms with Crippen LogP contribution in [0.15, 0.2) is 46.3 Å². The van der Waals surface area contributed by atoms with Crippen LogP contribution in [0, 0.1) is 5.92 Å². The van der Waals surface area contributed by atoms with Crippen molar-refractivity contribution in [3.63, 3.8) is 0 Å². The second kappa shape index (κ2) is 6.65. The summed E-state index contributed by atoms with van der Waals surface area (Å²) in [6.45, 7) is 2.65. The van der Waals surface area contributed by atoms with E-state index < -0.39 is 0 Å². The lowest BCUT2D eigenvalue weighted by Gasteiger charge is -2.32. The predicted octanol–water partition coefficient (Wildman–Crippen LogP) is 3.54. The Morgan fingerprint density at radius 2 is 2.33 bits per heavy atom. The molecule has 1 aromatic carbocycles. The summed E-state index contributed by atoms with van der Waals surface area (Å²) in [5, 5.41) is 7.05. The van der Waals surface area contributed by atoms with Crippen LogP contribution in [-0.2, 0) is 0 Å². The van der Waals surface area contributed by atoms with E-state index in [2.05, 4.69) is 15.2 Å². The van der Waals surface area contributed by atoms with Crippen molar-refractivity contribution in [2.24, 2.45) is 5.92 Å². The van der Waals surface area contributed by atoms with Gasteiger partial charge in [-0.15, -0.1) is 11.3 Å². The zero-order valence-corrected chi connectivity index (χ0v) is 14.1. The molecule has 0 bridgehead atoms. The topological polar surface area (TPSA) is 58.4 Å². The summed E-state index contributed by atoms with van der Waals surface area (Å²) in [6.07, 6.45) is 4.10. The lowest BCUT2D eigenvalue weighted by molar-refractivity contribution is 0.0920. The minimum absolute atomic E-state index is 0.141. The summed E-state index contributed by atoms with van der Waals surface area (Å²) in [5.41, 5.74) is 0.746. The van der Waals surface area contributed by atoms with Crippen molar-refractivity contribution in [2.45, 2.75) is 12.8 Å². The molecule has 1 N–H and O–H groups in total. The van der Waals surface area contributed by atoms with Crippen LogP contribution in [0.3, 0.4) is 0 Å². The monoisotopic (exact) mass is 341 g/mol. The van der Waals surface area contributed by atoms with E-state index in [1.165, 1.54) is 0 Å². The largest absolute Gasteiger partial charge is 0.451 e. The molecule has 4 rings (SSSR count). The molecule has 6 heteroatoms. The van der Waals surface area contributed by atoms with Crippen LogP contribution in [0.1, 0.15) is 23.4 Å². The number of rotatable bonds is 4. The maximum atomic E-state index is 12.3. The van der Waals surface area contributed by atoms with Gasteiger partial charge in [0.1, 0.15) is 5.58 Å². The molecule has 2 aromatic heterocycles. The lowest BCUT2D eigenvalue weighted by atomic mass is 9.98. The van der Waals surface area contributed by atoms with Crippen molar-refractivity contribution in [2.75, 3.05) is 24.5 Å². The Morgan fingerprint density at radius 3 is 3.17 bits per heavy atom. The van der Waals surface area contributed by atoms with Gasteiger partial charge in [0.25, 0.3) is 5.91 Å². The standard InChI is InChI=1S/C18H19N3O2S/c22-17(16-10-14-5-1-2-6-15(14)23-16)20-11-13-4-3-8-21(12-13)18-19-7-9-24-18/h1-2,5-7,9-10,13H,3-4,8,11-12H2,(H,20,22). The van der Waals surface area contributed by atoms with Gasteiger partial charge in [0.2, 0.25) is 0 Å². The van der Waals surface area contributed by atoms with Crippen molar-refractivity contribution >= 4 is 33.3 Å². The quantitative estimate of drug-likeness (QED) is 0.788. The molecule has 1 aliphatic rings. The smallest absolute Gasteiger partial charge is 0.287 e. The molecule has 1 fully saturated rings. The molecular formula is C18H19N3O2S. The predicted molar refractivity (Wildman–Crippen MR) is 95.6 cm³/mol. The number of aromatic nitrogens is 1. The Morgan fingerprint density at radius 1 is 1.42 bits per heavy atom. The third kappa shape index (κ3) is 3.14. The first-order chi connectivity index (χ1) is 11.8. The van der Waals surface area contributed by atoms with Gasteiger partial charge < -0.3 is 14.6 Å². The average Bonchev–Trinajstić information content (AvgIpc) is 3.29. The van der Waals surface area contributed by atoms with Gasteiger partial charge in [0.05, 0.1) is 0 Å². The molecular weight excluding hydrogens is 322 g/mol. The van der Waals surface area contributed by atoms with Crippen molar-refractivity contribution in [3.8, 4) is 0 Å². The number of para-hydroxylation sites is 1. The van der Waals surface area contributed by atoms with Gasteiger partial charge in [-0.1, -0.05) is 18.2 Å². The Hall–Kier alpha value is -2.34. The minimum atomic E-state index is -0.141. The van der Waals surface area contributed by atoms with E-state index in [0.717, 1.165) is 42.0 Å². The van der Waals surface area contributed by atoms with Crippen LogP contribution >= 0.6 is 11.3 Å². The number of furan rings is 1. The highest BCUT2D eigenvalue weighted by molar-refractivity contribution is 7.13. The molecule has 1 amide bonds. The van der Waals surface area contributed by atoms with Gasteiger partial charge in [-0.2, -0.15) is 0 Å². The van der Waals surface area contributed by atoms with Crippen LogP contribution in [-0.4, -0.2) is 30.5 Å². The van der Waals surface area contributed by atoms with Crippen LogP contribution in [0.25, 0.3) is 11.0 Å². The summed E-state index contributed by atoms with van der Waals surface area (Å²) < 4.78 is 5.62. The number of hydrogen-bond donors (Lipinski definition) is 1. The molecule has 5 nitrogen and oxygen atoms in total. The van der Waals surface area contributed by atoms with E-state index in [4.69, 9.17) is 4.42 Å². The van der Waals surface area contributed by atoms with Crippen LogP contribution < -0.4 is 10.2 Å². The van der Waals surface area contributed by atoms with E-state index in [1.54, 1.807) is 17.4 Å². The molecule has 24 heavy (non-hydrogen) atoms. The molecule has 0 spiro atoms. The fourth-order valence-electron chi connectivity index (χ4n) is 3.20. The van der Waals surface area contributed by atoms with Gasteiger partial charge >= 0.3 is 0 Å². The number of anilines is 1. The van der Waals surface area contributed by atoms with E-state index in [0.29, 0.717) is 18.2 Å². The highest BCUT2D eigenvalue weighted by Crippen LogP contribution is 2.24. The number of fused-ring (bicyclic) bond motifs is 1. The van der Waals surface area contributed by atoms with Gasteiger partial charge in [-0.05, 0) is 30.9 Å². The second-order valence-electron chi connectivity index (χ2n) is 6.13. The first-order valence-electron chi connectivity index (χ1n) is 8.21. The van der Waals surface area contributed by atoms with E-state index >= 15 is 0 Å². The number of amides is 1. The average molecular weight is 341 g/mol. The number of nitrogens with one attached hydrogen (secondary N) is 1. The highest BCUT2D eigenvalue weighted by Gasteiger charge is 2.22. The third-order valence-electron chi connectivity index (χ3n) is 4.41. The molecule has 124 valence electrons. The Bertz CT molecular complexity index is 795. The molecule has 3 aromatic rings. The summed E-state index contributed by atoms with van der Waals surface area (Å²) in [7, 11) is 0. The Labute approximate surface area is 144 Å². The van der Waals surface area contributed by atoms with Gasteiger partial charge in [0.15, 0.2) is 10.9 Å². The number of nitrogens with zero attached hydrogens (tertiary/aromatic N) is 2. The SMILES string of the molecule is O=C(NCC1CCCN(c2nccs2)C1)c1cc2ccccc2o1. The van der Waals surface area contributed by atoms with Crippen molar-refractivity contribution < 1.29 is 9.21 Å². The first-order valence-corrected chi connectivity index (χ1v) is 9.09. The molecule has 1 unspecified atom stereocenters. The van der Waals surface area contributed by atoms with Crippen LogP contribution in [0.2, 0.25) is 0 Å². The lowest BCUT2D eigenvalue weighted by Crippen LogP contribution is -2.40. The third-order valence-corrected chi connectivity index (χ3v) is 5.24. The summed E-state index contributed by atoms with van der Waals surface area (Å²) in [5.74, 6) is 0.678. The Balaban J connectivity index is 1.36. The maximum Gasteiger partial charge on any atom is 0.287 e. The summed E-state index contributed by atoms with van der Waals surface area (Å²) >= 11 is 1.67. The Kier molecular flexibility index (Phi) is 4.21. The van der Waals surface area contributed by atoms with Crippen LogP contribution in [0.4, 0.5) is 5.13 Å². The van der Waals surface area contributed by atoms with E-state index in [-0.39, 0.29) is 5.91 Å². The van der Waals surface area contributed by atoms with Gasteiger partial charge in [0, 0.05) is 36.6 Å². The second-order valence-corrected chi connectivity index (χ2v) is 7.00. The number of carbonyl (C=O) groups is 1. The van der Waals surface area contributed by atoms with E-state index in [9.17, 15) is 4.79 Å². The number of thiazole rings is 1. The molecule has 0 aliphatic carbocycles. The van der Waals surface area contributed by atoms with Crippen LogP contribution in [0.5, 0.6) is 0 Å². The van der Waals surface area contributed by atoms with E-state index in [1.807, 2.05) is 35.8 Å². The zero-order valence-electron chi connectivity index (χ0n) is 13.3. The minimum Gasteiger partial charge on any atom is -0.451 e. The molecule has 1 atom stereocenters. The van der Waals surface area contributed by atoms with Crippen molar-refractivity contribution in [3.05, 3.63) is 47.7 Å². The number of hydrogen-bond acceptors (Lipinski definition) is 5. The van der Waals surface area contributed by atoms with Crippen molar-refractivity contribution in [1.29, 1.82) is 0 Å². The molecule has 3 heterocycles.